The molecule has 0 spiro atoms. The van der Waals surface area contributed by atoms with Crippen LogP contribution in [0, 0.1) is 5.82 Å². The van der Waals surface area contributed by atoms with Crippen LogP contribution in [0.3, 0.4) is 0 Å². The molecular formula is C20H18FN5O. The molecule has 1 fully saturated rings. The number of halogens is 1. The van der Waals surface area contributed by atoms with Crippen molar-refractivity contribution in [1.82, 2.24) is 15.2 Å². The average Bonchev–Trinajstić information content (AvgIpc) is 3.19. The molecule has 6 nitrogen and oxygen atoms in total. The van der Waals surface area contributed by atoms with Gasteiger partial charge in [-0.3, -0.25) is 5.10 Å². The van der Waals surface area contributed by atoms with Crippen molar-refractivity contribution in [1.29, 1.82) is 0 Å². The summed E-state index contributed by atoms with van der Waals surface area (Å²) in [5.41, 5.74) is 3.36. The number of nitrogens with one attached hydrogen (secondary N) is 2. The van der Waals surface area contributed by atoms with Crippen LogP contribution < -0.4 is 10.2 Å². The molecule has 5 rings (SSSR count). The number of morpholine rings is 1. The van der Waals surface area contributed by atoms with E-state index in [1.165, 1.54) is 11.8 Å². The van der Waals surface area contributed by atoms with Crippen molar-refractivity contribution < 1.29 is 9.13 Å². The van der Waals surface area contributed by atoms with Crippen molar-refractivity contribution in [2.45, 2.75) is 0 Å². The van der Waals surface area contributed by atoms with E-state index >= 15 is 0 Å². The summed E-state index contributed by atoms with van der Waals surface area (Å²) in [4.78, 5) is 6.90. The van der Waals surface area contributed by atoms with Crippen molar-refractivity contribution in [2.75, 3.05) is 36.5 Å². The number of pyridine rings is 1. The second-order valence-corrected chi connectivity index (χ2v) is 6.52. The molecule has 0 amide bonds. The highest BCUT2D eigenvalue weighted by molar-refractivity contribution is 6.08. The quantitative estimate of drug-likeness (QED) is 0.579. The number of ether oxygens (including phenoxy) is 1. The minimum Gasteiger partial charge on any atom is -0.378 e. The first-order valence-corrected chi connectivity index (χ1v) is 8.91. The van der Waals surface area contributed by atoms with Gasteiger partial charge in [-0.15, -0.1) is 0 Å². The van der Waals surface area contributed by atoms with Crippen LogP contribution in [0.15, 0.2) is 48.7 Å². The molecule has 1 aliphatic heterocycles. The van der Waals surface area contributed by atoms with Gasteiger partial charge in [0.05, 0.1) is 24.9 Å². The summed E-state index contributed by atoms with van der Waals surface area (Å²) in [6.45, 7) is 3.32. The maximum Gasteiger partial charge on any atom is 0.157 e. The fraction of sp³-hybridized carbons (Fsp3) is 0.200. The first kappa shape index (κ1) is 16.0. The van der Waals surface area contributed by atoms with Crippen molar-refractivity contribution in [3.8, 4) is 0 Å². The van der Waals surface area contributed by atoms with Gasteiger partial charge in [0.1, 0.15) is 11.3 Å². The van der Waals surface area contributed by atoms with Crippen LogP contribution in [-0.2, 0) is 4.74 Å². The minimum absolute atomic E-state index is 0.298. The van der Waals surface area contributed by atoms with E-state index in [0.29, 0.717) is 27.6 Å². The Morgan fingerprint density at radius 1 is 1.07 bits per heavy atom. The molecule has 0 unspecified atom stereocenters. The largest absolute Gasteiger partial charge is 0.378 e. The molecule has 2 N–H and O–H groups in total. The van der Waals surface area contributed by atoms with Gasteiger partial charge in [-0.25, -0.2) is 9.37 Å². The lowest BCUT2D eigenvalue weighted by Crippen LogP contribution is -2.36. The highest BCUT2D eigenvalue weighted by Crippen LogP contribution is 2.31. The number of hydrogen-bond donors (Lipinski definition) is 2. The molecule has 2 aromatic heterocycles. The van der Waals surface area contributed by atoms with E-state index in [1.807, 2.05) is 12.1 Å². The van der Waals surface area contributed by atoms with Crippen LogP contribution in [0.5, 0.6) is 0 Å². The van der Waals surface area contributed by atoms with Crippen molar-refractivity contribution in [3.63, 3.8) is 0 Å². The van der Waals surface area contributed by atoms with Gasteiger partial charge in [-0.05, 0) is 36.4 Å². The Balaban J connectivity index is 1.49. The Bertz CT molecular complexity index is 1100. The second-order valence-electron chi connectivity index (χ2n) is 6.52. The molecule has 0 radical (unpaired) electrons. The molecule has 0 atom stereocenters. The summed E-state index contributed by atoms with van der Waals surface area (Å²) in [6.07, 6.45) is 1.63. The number of benzene rings is 2. The highest BCUT2D eigenvalue weighted by atomic mass is 19.1. The average molecular weight is 363 g/mol. The van der Waals surface area contributed by atoms with E-state index in [0.717, 1.165) is 32.0 Å². The standard InChI is InChI=1S/C20H18FN5O/c21-16-2-1-3-17-18(16)15-12-22-25-19(15)20(24-17)23-13-4-6-14(7-5-13)26-8-10-27-11-9-26/h1-7,12H,8-11H2,(H,22,25)(H,23,24). The predicted molar refractivity (Wildman–Crippen MR) is 104 cm³/mol. The van der Waals surface area contributed by atoms with Crippen molar-refractivity contribution >= 4 is 39.0 Å². The van der Waals surface area contributed by atoms with Gasteiger partial charge >= 0.3 is 0 Å². The number of fused-ring (bicyclic) bond motifs is 3. The summed E-state index contributed by atoms with van der Waals surface area (Å²) < 4.78 is 19.7. The fourth-order valence-corrected chi connectivity index (χ4v) is 3.51. The minimum atomic E-state index is -0.298. The number of nitrogens with zero attached hydrogens (tertiary/aromatic N) is 3. The summed E-state index contributed by atoms with van der Waals surface area (Å²) >= 11 is 0. The Hall–Kier alpha value is -3.19. The van der Waals surface area contributed by atoms with E-state index in [9.17, 15) is 4.39 Å². The van der Waals surface area contributed by atoms with Gasteiger partial charge in [0.15, 0.2) is 5.82 Å². The van der Waals surface area contributed by atoms with Crippen LogP contribution in [0.4, 0.5) is 21.6 Å². The molecule has 0 saturated carbocycles. The summed E-state index contributed by atoms with van der Waals surface area (Å²) in [7, 11) is 0. The monoisotopic (exact) mass is 363 g/mol. The molecule has 27 heavy (non-hydrogen) atoms. The van der Waals surface area contributed by atoms with Gasteiger partial charge in [-0.1, -0.05) is 6.07 Å². The third-order valence-electron chi connectivity index (χ3n) is 4.88. The predicted octanol–water partition coefficient (Wildman–Crippen LogP) is 3.83. The van der Waals surface area contributed by atoms with Gasteiger partial charge < -0.3 is 15.0 Å². The molecule has 136 valence electrons. The third-order valence-corrected chi connectivity index (χ3v) is 4.88. The van der Waals surface area contributed by atoms with Gasteiger partial charge in [0, 0.05) is 35.2 Å². The zero-order chi connectivity index (χ0) is 18.2. The van der Waals surface area contributed by atoms with Crippen LogP contribution >= 0.6 is 0 Å². The number of H-pyrrole nitrogens is 1. The topological polar surface area (TPSA) is 66.1 Å². The molecule has 0 aliphatic carbocycles. The molecule has 3 heterocycles. The van der Waals surface area contributed by atoms with Crippen LogP contribution in [0.1, 0.15) is 0 Å². The Kier molecular flexibility index (Phi) is 3.86. The van der Waals surface area contributed by atoms with E-state index < -0.39 is 0 Å². The number of aromatic amines is 1. The Labute approximate surface area is 155 Å². The van der Waals surface area contributed by atoms with Gasteiger partial charge in [0.2, 0.25) is 0 Å². The van der Waals surface area contributed by atoms with Gasteiger partial charge in [-0.2, -0.15) is 5.10 Å². The molecule has 1 saturated heterocycles. The normalized spacial score (nSPS) is 14.8. The van der Waals surface area contributed by atoms with Crippen LogP contribution in [-0.4, -0.2) is 41.5 Å². The Morgan fingerprint density at radius 3 is 2.70 bits per heavy atom. The third kappa shape index (κ3) is 2.86. The SMILES string of the molecule is Fc1cccc2nc(Nc3ccc(N4CCOCC4)cc3)c3[nH]ncc3c12. The molecule has 1 aliphatic rings. The summed E-state index contributed by atoms with van der Waals surface area (Å²) in [5, 5.41) is 11.5. The van der Waals surface area contributed by atoms with E-state index in [-0.39, 0.29) is 5.82 Å². The molecule has 2 aromatic carbocycles. The summed E-state index contributed by atoms with van der Waals surface area (Å²) in [6, 6.07) is 13.1. The molecular weight excluding hydrogens is 345 g/mol. The summed E-state index contributed by atoms with van der Waals surface area (Å²) in [5.74, 6) is 0.326. The number of rotatable bonds is 3. The number of hydrogen-bond acceptors (Lipinski definition) is 5. The zero-order valence-corrected chi connectivity index (χ0v) is 14.6. The van der Waals surface area contributed by atoms with E-state index in [2.05, 4.69) is 37.5 Å². The lowest BCUT2D eigenvalue weighted by molar-refractivity contribution is 0.122. The van der Waals surface area contributed by atoms with Crippen LogP contribution in [0.2, 0.25) is 0 Å². The number of aromatic nitrogens is 3. The lowest BCUT2D eigenvalue weighted by atomic mass is 10.1. The smallest absolute Gasteiger partial charge is 0.157 e. The first-order valence-electron chi connectivity index (χ1n) is 8.91. The molecule has 7 heteroatoms. The second kappa shape index (κ2) is 6.51. The lowest BCUT2D eigenvalue weighted by Gasteiger charge is -2.28. The van der Waals surface area contributed by atoms with Crippen molar-refractivity contribution in [2.24, 2.45) is 0 Å². The van der Waals surface area contributed by atoms with Crippen molar-refractivity contribution in [3.05, 3.63) is 54.5 Å². The van der Waals surface area contributed by atoms with Crippen LogP contribution in [0.25, 0.3) is 21.8 Å². The molecule has 4 aromatic rings. The highest BCUT2D eigenvalue weighted by Gasteiger charge is 2.14. The van der Waals surface area contributed by atoms with E-state index in [4.69, 9.17) is 4.74 Å². The van der Waals surface area contributed by atoms with E-state index in [1.54, 1.807) is 18.3 Å². The fourth-order valence-electron chi connectivity index (χ4n) is 3.51. The zero-order valence-electron chi connectivity index (χ0n) is 14.6. The Morgan fingerprint density at radius 2 is 1.89 bits per heavy atom. The first-order chi connectivity index (χ1) is 13.3. The maximum absolute atomic E-state index is 14.3. The number of anilines is 3. The molecule has 0 bridgehead atoms. The van der Waals surface area contributed by atoms with Gasteiger partial charge in [0.25, 0.3) is 0 Å². The maximum atomic E-state index is 14.3.